The van der Waals surface area contributed by atoms with Gasteiger partial charge < -0.3 is 28.7 Å². The van der Waals surface area contributed by atoms with Gasteiger partial charge in [0.05, 0.1) is 0 Å². The van der Waals surface area contributed by atoms with Crippen LogP contribution < -0.4 is 0 Å². The number of hydrogen-bond acceptors (Lipinski definition) is 0. The third kappa shape index (κ3) is 66.9. The SMILES string of the molecule is [CH2-]CCCC.[CH2-]CCCC.[CH3-].[CH3-].[Cd+2].[Cd+2]. The first-order chi connectivity index (χ1) is 4.83. The van der Waals surface area contributed by atoms with Crippen LogP contribution in [0, 0.1) is 28.7 Å². The third-order valence-electron chi connectivity index (χ3n) is 1.21. The van der Waals surface area contributed by atoms with E-state index in [1.807, 2.05) is 0 Å². The summed E-state index contributed by atoms with van der Waals surface area (Å²) in [7, 11) is 0. The van der Waals surface area contributed by atoms with Crippen molar-refractivity contribution in [1.82, 2.24) is 0 Å². The topological polar surface area (TPSA) is 0 Å². The van der Waals surface area contributed by atoms with Crippen LogP contribution in [0.1, 0.15) is 52.4 Å². The summed E-state index contributed by atoms with van der Waals surface area (Å²) in [5.74, 6) is 0. The van der Waals surface area contributed by atoms with E-state index in [4.69, 9.17) is 0 Å². The molecule has 0 aromatic rings. The normalized spacial score (nSPS) is 6.00. The molecule has 0 heterocycles. The Hall–Kier alpha value is 1.84. The van der Waals surface area contributed by atoms with Crippen LogP contribution in [0.3, 0.4) is 0 Å². The molecule has 0 nitrogen and oxygen atoms in total. The van der Waals surface area contributed by atoms with E-state index in [-0.39, 0.29) is 69.5 Å². The Morgan fingerprint density at radius 1 is 0.714 bits per heavy atom. The molecule has 0 bridgehead atoms. The van der Waals surface area contributed by atoms with E-state index in [1.165, 1.54) is 25.7 Å². The van der Waals surface area contributed by atoms with Crippen molar-refractivity contribution < 1.29 is 54.6 Å². The molecule has 0 spiro atoms. The summed E-state index contributed by atoms with van der Waals surface area (Å²) in [6, 6.07) is 0. The number of rotatable bonds is 4. The molecular formula is C12H28Cd2. The minimum atomic E-state index is 0. The minimum absolute atomic E-state index is 0. The van der Waals surface area contributed by atoms with E-state index in [1.54, 1.807) is 0 Å². The van der Waals surface area contributed by atoms with E-state index < -0.39 is 0 Å². The second-order valence-corrected chi connectivity index (χ2v) is 2.41. The maximum absolute atomic E-state index is 3.68. The zero-order valence-corrected chi connectivity index (χ0v) is 19.1. The van der Waals surface area contributed by atoms with Crippen molar-refractivity contribution >= 4 is 0 Å². The van der Waals surface area contributed by atoms with Gasteiger partial charge >= 0.3 is 54.6 Å². The Kier molecular flexibility index (Phi) is 119. The van der Waals surface area contributed by atoms with Crippen LogP contribution in [0.2, 0.25) is 0 Å². The molecule has 0 saturated heterocycles. The molecule has 2 heteroatoms. The molecule has 0 atom stereocenters. The van der Waals surface area contributed by atoms with Gasteiger partial charge in [-0.1, -0.05) is 39.5 Å². The van der Waals surface area contributed by atoms with Crippen LogP contribution in [-0.4, -0.2) is 0 Å². The summed E-state index contributed by atoms with van der Waals surface area (Å²) >= 11 is 0. The van der Waals surface area contributed by atoms with Crippen LogP contribution in [0.15, 0.2) is 0 Å². The van der Waals surface area contributed by atoms with Crippen LogP contribution in [0.5, 0.6) is 0 Å². The molecule has 0 aliphatic heterocycles. The summed E-state index contributed by atoms with van der Waals surface area (Å²) in [5.41, 5.74) is 0. The summed E-state index contributed by atoms with van der Waals surface area (Å²) in [6.07, 6.45) is 7.31. The number of hydrogen-bond donors (Lipinski definition) is 0. The molecule has 0 fully saturated rings. The maximum Gasteiger partial charge on any atom is 2.00 e. The molecule has 0 N–H and O–H groups in total. The molecular weight excluding hydrogens is 369 g/mol. The van der Waals surface area contributed by atoms with Crippen molar-refractivity contribution in [3.63, 3.8) is 0 Å². The Morgan fingerprint density at radius 3 is 0.929 bits per heavy atom. The van der Waals surface area contributed by atoms with Gasteiger partial charge in [-0.2, -0.15) is 12.8 Å². The predicted molar refractivity (Wildman–Crippen MR) is 62.6 cm³/mol. The van der Waals surface area contributed by atoms with E-state index in [0.717, 1.165) is 12.8 Å². The maximum atomic E-state index is 3.68. The van der Waals surface area contributed by atoms with Crippen LogP contribution in [0.4, 0.5) is 0 Å². The standard InChI is InChI=1S/2C5H11.2CH3.2Cd/c2*1-3-5-4-2;;;;/h2*1,3-5H2,2H3;2*1H3;;/q4*-1;2*+2. The molecule has 0 aliphatic carbocycles. The number of unbranched alkanes of at least 4 members (excludes halogenated alkanes) is 4. The molecule has 0 aromatic carbocycles. The summed E-state index contributed by atoms with van der Waals surface area (Å²) < 4.78 is 0. The van der Waals surface area contributed by atoms with E-state index in [2.05, 4.69) is 27.7 Å². The molecule has 14 heavy (non-hydrogen) atoms. The largest absolute Gasteiger partial charge is 2.00 e. The zero-order chi connectivity index (χ0) is 8.24. The Morgan fingerprint density at radius 2 is 0.929 bits per heavy atom. The molecule has 80 valence electrons. The van der Waals surface area contributed by atoms with Gasteiger partial charge in [0.2, 0.25) is 0 Å². The smallest absolute Gasteiger partial charge is 0.358 e. The molecule has 0 amide bonds. The summed E-state index contributed by atoms with van der Waals surface area (Å²) in [6.45, 7) is 11.7. The van der Waals surface area contributed by atoms with Crippen LogP contribution in [0.25, 0.3) is 0 Å². The molecule has 0 unspecified atom stereocenters. The van der Waals surface area contributed by atoms with Crippen LogP contribution in [-0.2, 0) is 54.6 Å². The molecule has 0 radical (unpaired) electrons. The van der Waals surface area contributed by atoms with Crippen molar-refractivity contribution in [2.75, 3.05) is 0 Å². The fourth-order valence-corrected chi connectivity index (χ4v) is 0.500. The van der Waals surface area contributed by atoms with Gasteiger partial charge in [-0.25, -0.2) is 0 Å². The Balaban J connectivity index is -0.0000000178. The molecule has 0 rings (SSSR count). The quantitative estimate of drug-likeness (QED) is 0.467. The molecule has 0 saturated carbocycles. The third-order valence-corrected chi connectivity index (χ3v) is 1.21. The first kappa shape index (κ1) is 36.0. The first-order valence-corrected chi connectivity index (χ1v) is 4.41. The fraction of sp³-hybridized carbons (Fsp3) is 0.667. The Labute approximate surface area is 134 Å². The Bertz CT molecular complexity index is 29.3. The van der Waals surface area contributed by atoms with E-state index in [0.29, 0.717) is 0 Å². The van der Waals surface area contributed by atoms with Crippen molar-refractivity contribution in [3.8, 4) is 0 Å². The molecule has 0 aromatic heterocycles. The predicted octanol–water partition coefficient (Wildman–Crippen LogP) is 4.92. The van der Waals surface area contributed by atoms with Gasteiger partial charge in [0.25, 0.3) is 0 Å². The monoisotopic (exact) mass is 400 g/mol. The van der Waals surface area contributed by atoms with Gasteiger partial charge in [0.1, 0.15) is 0 Å². The van der Waals surface area contributed by atoms with Gasteiger partial charge in [-0.3, -0.25) is 0 Å². The van der Waals surface area contributed by atoms with Crippen LogP contribution >= 0.6 is 0 Å². The van der Waals surface area contributed by atoms with E-state index in [9.17, 15) is 0 Å². The zero-order valence-electron chi connectivity index (χ0n) is 11.1. The summed E-state index contributed by atoms with van der Waals surface area (Å²) in [4.78, 5) is 0. The van der Waals surface area contributed by atoms with E-state index >= 15 is 0 Å². The fourth-order valence-electron chi connectivity index (χ4n) is 0.500. The minimum Gasteiger partial charge on any atom is -0.358 e. The van der Waals surface area contributed by atoms with Crippen molar-refractivity contribution in [1.29, 1.82) is 0 Å². The van der Waals surface area contributed by atoms with Crippen molar-refractivity contribution in [3.05, 3.63) is 28.7 Å². The van der Waals surface area contributed by atoms with Gasteiger partial charge in [0, 0.05) is 0 Å². The van der Waals surface area contributed by atoms with Gasteiger partial charge in [-0.15, -0.1) is 0 Å². The average molecular weight is 397 g/mol. The second kappa shape index (κ2) is 46.2. The second-order valence-electron chi connectivity index (χ2n) is 2.41. The van der Waals surface area contributed by atoms with Crippen molar-refractivity contribution in [2.45, 2.75) is 52.4 Å². The van der Waals surface area contributed by atoms with Gasteiger partial charge in [-0.05, 0) is 0 Å². The summed E-state index contributed by atoms with van der Waals surface area (Å²) in [5, 5.41) is 0. The van der Waals surface area contributed by atoms with Crippen molar-refractivity contribution in [2.24, 2.45) is 0 Å². The first-order valence-electron chi connectivity index (χ1n) is 4.41. The average Bonchev–Trinajstić information content (AvgIpc) is 1.93. The van der Waals surface area contributed by atoms with Gasteiger partial charge in [0.15, 0.2) is 0 Å². The molecule has 0 aliphatic rings.